The lowest BCUT2D eigenvalue weighted by Gasteiger charge is -2.24. The summed E-state index contributed by atoms with van der Waals surface area (Å²) in [6.45, 7) is 6.68. The molecule has 0 aromatic heterocycles. The van der Waals surface area contributed by atoms with Gasteiger partial charge in [-0.25, -0.2) is 0 Å². The Balaban J connectivity index is 2.67. The molecule has 1 rings (SSSR count). The van der Waals surface area contributed by atoms with Gasteiger partial charge in [0.15, 0.2) is 0 Å². The van der Waals surface area contributed by atoms with Crippen LogP contribution in [0.1, 0.15) is 40.0 Å². The van der Waals surface area contributed by atoms with E-state index in [0.717, 1.165) is 0 Å². The summed E-state index contributed by atoms with van der Waals surface area (Å²) in [6.07, 6.45) is 6.01. The van der Waals surface area contributed by atoms with Gasteiger partial charge in [-0.15, -0.1) is 0 Å². The number of hydrogen-bond acceptors (Lipinski definition) is 0. The molecule has 0 atom stereocenters. The highest BCUT2D eigenvalue weighted by Gasteiger charge is 2.16. The van der Waals surface area contributed by atoms with Crippen molar-refractivity contribution in [3.05, 3.63) is 22.8 Å². The minimum atomic E-state index is 1.19. The Kier molecular flexibility index (Phi) is 2.31. The molecule has 0 bridgehead atoms. The highest BCUT2D eigenvalue weighted by Crippen LogP contribution is 2.35. The summed E-state index contributed by atoms with van der Waals surface area (Å²) < 4.78 is 0. The average molecular weight is 136 g/mol. The molecule has 56 valence electrons. The zero-order valence-corrected chi connectivity index (χ0v) is 7.20. The minimum absolute atomic E-state index is 1.19. The lowest BCUT2D eigenvalue weighted by atomic mass is 9.82. The summed E-state index contributed by atoms with van der Waals surface area (Å²) in [7, 11) is 0. The van der Waals surface area contributed by atoms with Gasteiger partial charge in [0.1, 0.15) is 0 Å². The third kappa shape index (κ3) is 1.16. The van der Waals surface area contributed by atoms with Crippen LogP contribution in [0.4, 0.5) is 0 Å². The summed E-state index contributed by atoms with van der Waals surface area (Å²) >= 11 is 0. The molecule has 0 fully saturated rings. The van der Waals surface area contributed by atoms with E-state index in [2.05, 4.69) is 26.8 Å². The zero-order valence-electron chi connectivity index (χ0n) is 7.20. The zero-order chi connectivity index (χ0) is 7.56. The minimum Gasteiger partial charge on any atom is -0.0810 e. The van der Waals surface area contributed by atoms with Crippen molar-refractivity contribution in [3.8, 4) is 0 Å². The van der Waals surface area contributed by atoms with Crippen molar-refractivity contribution in [1.29, 1.82) is 0 Å². The third-order valence-electron chi connectivity index (χ3n) is 2.16. The Labute approximate surface area is 63.6 Å². The standard InChI is InChI=1S/C10H16/c1-4-6-9-7-8(3)10(9)5-2/h6H,4-5,7H2,1-3H3/b9-6+. The lowest BCUT2D eigenvalue weighted by Crippen LogP contribution is -2.04. The molecule has 0 saturated carbocycles. The van der Waals surface area contributed by atoms with E-state index in [1.807, 2.05) is 0 Å². The quantitative estimate of drug-likeness (QED) is 0.545. The van der Waals surface area contributed by atoms with Crippen molar-refractivity contribution < 1.29 is 0 Å². The first kappa shape index (κ1) is 7.59. The van der Waals surface area contributed by atoms with Crippen LogP contribution in [0.3, 0.4) is 0 Å². The molecule has 0 aliphatic heterocycles. The number of hydrogen-bond donors (Lipinski definition) is 0. The second kappa shape index (κ2) is 3.05. The summed E-state index contributed by atoms with van der Waals surface area (Å²) in [5.41, 5.74) is 4.81. The van der Waals surface area contributed by atoms with Crippen LogP contribution in [0.25, 0.3) is 0 Å². The fraction of sp³-hybridized carbons (Fsp3) is 0.600. The van der Waals surface area contributed by atoms with E-state index in [9.17, 15) is 0 Å². The molecule has 0 aromatic carbocycles. The molecule has 10 heavy (non-hydrogen) atoms. The van der Waals surface area contributed by atoms with E-state index in [-0.39, 0.29) is 0 Å². The van der Waals surface area contributed by atoms with Gasteiger partial charge < -0.3 is 0 Å². The molecule has 0 unspecified atom stereocenters. The Morgan fingerprint density at radius 1 is 1.40 bits per heavy atom. The Morgan fingerprint density at radius 3 is 2.50 bits per heavy atom. The van der Waals surface area contributed by atoms with E-state index in [1.54, 1.807) is 16.7 Å². The molecule has 0 amide bonds. The maximum Gasteiger partial charge on any atom is -0.00644 e. The predicted octanol–water partition coefficient (Wildman–Crippen LogP) is 3.45. The van der Waals surface area contributed by atoms with Gasteiger partial charge >= 0.3 is 0 Å². The maximum absolute atomic E-state index is 2.35. The van der Waals surface area contributed by atoms with Gasteiger partial charge in [-0.2, -0.15) is 0 Å². The SMILES string of the molecule is CC/C=C1\CC(C)=C1CC. The second-order valence-electron chi connectivity index (χ2n) is 2.93. The van der Waals surface area contributed by atoms with Crippen LogP contribution in [0, 0.1) is 0 Å². The van der Waals surface area contributed by atoms with Crippen LogP contribution in [-0.2, 0) is 0 Å². The fourth-order valence-corrected chi connectivity index (χ4v) is 1.64. The van der Waals surface area contributed by atoms with Gasteiger partial charge in [-0.1, -0.05) is 25.5 Å². The summed E-state index contributed by atoms with van der Waals surface area (Å²) in [5, 5.41) is 0. The van der Waals surface area contributed by atoms with Gasteiger partial charge in [-0.3, -0.25) is 0 Å². The van der Waals surface area contributed by atoms with Gasteiger partial charge in [0.25, 0.3) is 0 Å². The molecule has 0 N–H and O–H groups in total. The Hall–Kier alpha value is -0.520. The van der Waals surface area contributed by atoms with Crippen LogP contribution in [-0.4, -0.2) is 0 Å². The first-order valence-electron chi connectivity index (χ1n) is 4.17. The Morgan fingerprint density at radius 2 is 2.10 bits per heavy atom. The molecule has 0 spiro atoms. The lowest BCUT2D eigenvalue weighted by molar-refractivity contribution is 0.896. The predicted molar refractivity (Wildman–Crippen MR) is 46.0 cm³/mol. The molecular formula is C10H16. The van der Waals surface area contributed by atoms with Gasteiger partial charge in [0.05, 0.1) is 0 Å². The Bertz CT molecular complexity index is 182. The molecule has 0 heterocycles. The van der Waals surface area contributed by atoms with E-state index < -0.39 is 0 Å². The molecular weight excluding hydrogens is 120 g/mol. The van der Waals surface area contributed by atoms with E-state index in [4.69, 9.17) is 0 Å². The van der Waals surface area contributed by atoms with Crippen molar-refractivity contribution in [2.75, 3.05) is 0 Å². The van der Waals surface area contributed by atoms with Crippen LogP contribution < -0.4 is 0 Å². The normalized spacial score (nSPS) is 21.7. The number of allylic oxidation sites excluding steroid dienone is 4. The van der Waals surface area contributed by atoms with Crippen molar-refractivity contribution in [2.45, 2.75) is 40.0 Å². The van der Waals surface area contributed by atoms with Crippen LogP contribution in [0.15, 0.2) is 22.8 Å². The second-order valence-corrected chi connectivity index (χ2v) is 2.93. The first-order valence-corrected chi connectivity index (χ1v) is 4.17. The summed E-state index contributed by atoms with van der Waals surface area (Å²) in [5.74, 6) is 0. The van der Waals surface area contributed by atoms with Gasteiger partial charge in [0.2, 0.25) is 0 Å². The van der Waals surface area contributed by atoms with Crippen molar-refractivity contribution in [3.63, 3.8) is 0 Å². The highest BCUT2D eigenvalue weighted by atomic mass is 14.2. The van der Waals surface area contributed by atoms with E-state index in [1.165, 1.54) is 19.3 Å². The molecule has 0 radical (unpaired) electrons. The summed E-state index contributed by atoms with van der Waals surface area (Å²) in [4.78, 5) is 0. The van der Waals surface area contributed by atoms with Crippen LogP contribution in [0.5, 0.6) is 0 Å². The third-order valence-corrected chi connectivity index (χ3v) is 2.16. The van der Waals surface area contributed by atoms with E-state index >= 15 is 0 Å². The molecule has 0 heteroatoms. The smallest absolute Gasteiger partial charge is 0.00644 e. The monoisotopic (exact) mass is 136 g/mol. The molecule has 0 nitrogen and oxygen atoms in total. The van der Waals surface area contributed by atoms with Crippen molar-refractivity contribution in [1.82, 2.24) is 0 Å². The average Bonchev–Trinajstić information content (AvgIpc) is 1.88. The highest BCUT2D eigenvalue weighted by molar-refractivity contribution is 5.47. The number of rotatable bonds is 2. The van der Waals surface area contributed by atoms with Gasteiger partial charge in [0, 0.05) is 0 Å². The molecule has 0 saturated heterocycles. The fourth-order valence-electron chi connectivity index (χ4n) is 1.64. The molecule has 1 aliphatic carbocycles. The van der Waals surface area contributed by atoms with Crippen LogP contribution >= 0.6 is 0 Å². The van der Waals surface area contributed by atoms with Gasteiger partial charge in [-0.05, 0) is 37.3 Å². The summed E-state index contributed by atoms with van der Waals surface area (Å²) in [6, 6.07) is 0. The largest absolute Gasteiger partial charge is 0.0810 e. The van der Waals surface area contributed by atoms with E-state index in [0.29, 0.717) is 0 Å². The molecule has 1 aliphatic rings. The first-order chi connectivity index (χ1) is 4.79. The van der Waals surface area contributed by atoms with Crippen molar-refractivity contribution in [2.24, 2.45) is 0 Å². The molecule has 0 aromatic rings. The van der Waals surface area contributed by atoms with Crippen molar-refractivity contribution >= 4 is 0 Å². The topological polar surface area (TPSA) is 0 Å². The van der Waals surface area contributed by atoms with Crippen LogP contribution in [0.2, 0.25) is 0 Å². The maximum atomic E-state index is 2.35.